The molecular weight excluding hydrogens is 698 g/mol. The molecule has 3 heterocycles. The smallest absolute Gasteiger partial charge is 0.262 e. The molecule has 1 aliphatic carbocycles. The van der Waals surface area contributed by atoms with Crippen molar-refractivity contribution in [2.75, 3.05) is 36.4 Å². The van der Waals surface area contributed by atoms with E-state index in [9.17, 15) is 24.0 Å². The first-order valence-corrected chi connectivity index (χ1v) is 18.4. The summed E-state index contributed by atoms with van der Waals surface area (Å²) in [6.45, 7) is 3.09. The van der Waals surface area contributed by atoms with Gasteiger partial charge < -0.3 is 25.6 Å². The number of imide groups is 2. The lowest BCUT2D eigenvalue weighted by molar-refractivity contribution is -0.136. The Morgan fingerprint density at radius 3 is 2.40 bits per heavy atom. The van der Waals surface area contributed by atoms with Crippen LogP contribution in [0.25, 0.3) is 0 Å². The van der Waals surface area contributed by atoms with E-state index in [0.29, 0.717) is 53.1 Å². The summed E-state index contributed by atoms with van der Waals surface area (Å²) in [6, 6.07) is 19.2. The third-order valence-electron chi connectivity index (χ3n) is 10.4. The van der Waals surface area contributed by atoms with E-state index in [0.717, 1.165) is 49.4 Å². The Labute approximate surface area is 312 Å². The van der Waals surface area contributed by atoms with Crippen LogP contribution in [-0.4, -0.2) is 84.8 Å². The van der Waals surface area contributed by atoms with Crippen molar-refractivity contribution >= 4 is 52.5 Å². The Bertz CT molecular complexity index is 1970. The van der Waals surface area contributed by atoms with Crippen molar-refractivity contribution in [3.05, 3.63) is 87.9 Å². The molecular formula is C39H40ClN7O6. The summed E-state index contributed by atoms with van der Waals surface area (Å²) >= 11 is 6.14. The number of halogens is 1. The second kappa shape index (κ2) is 15.7. The average molecular weight is 738 g/mol. The predicted octanol–water partition coefficient (Wildman–Crippen LogP) is 4.01. The Morgan fingerprint density at radius 2 is 1.66 bits per heavy atom. The van der Waals surface area contributed by atoms with Crippen molar-refractivity contribution < 1.29 is 28.7 Å². The van der Waals surface area contributed by atoms with Gasteiger partial charge in [0.05, 0.1) is 21.7 Å². The molecule has 1 saturated carbocycles. The van der Waals surface area contributed by atoms with E-state index < -0.39 is 29.7 Å². The zero-order chi connectivity index (χ0) is 37.1. The molecule has 1 unspecified atom stereocenters. The molecule has 0 bridgehead atoms. The zero-order valence-corrected chi connectivity index (χ0v) is 29.8. The summed E-state index contributed by atoms with van der Waals surface area (Å²) in [6.07, 6.45) is 4.43. The minimum atomic E-state index is -0.986. The molecule has 2 saturated heterocycles. The van der Waals surface area contributed by atoms with Crippen molar-refractivity contribution in [2.45, 2.75) is 69.2 Å². The third-order valence-corrected chi connectivity index (χ3v) is 10.7. The maximum Gasteiger partial charge on any atom is 0.262 e. The number of carbonyl (C=O) groups is 5. The molecule has 3 aromatic carbocycles. The van der Waals surface area contributed by atoms with Gasteiger partial charge in [-0.3, -0.25) is 34.2 Å². The van der Waals surface area contributed by atoms with Crippen LogP contribution < -0.4 is 30.9 Å². The van der Waals surface area contributed by atoms with E-state index in [1.165, 1.54) is 0 Å². The summed E-state index contributed by atoms with van der Waals surface area (Å²) in [5, 5.41) is 21.7. The molecule has 13 nitrogen and oxygen atoms in total. The number of piperidine rings is 2. The van der Waals surface area contributed by atoms with Crippen molar-refractivity contribution in [3.8, 4) is 11.8 Å². The monoisotopic (exact) mass is 737 g/mol. The fraction of sp³-hybridized carbons (Fsp3) is 0.385. The maximum atomic E-state index is 13.1. The van der Waals surface area contributed by atoms with Crippen LogP contribution in [0.3, 0.4) is 0 Å². The second-order valence-electron chi connectivity index (χ2n) is 13.9. The number of carbonyl (C=O) groups excluding carboxylic acids is 5. The highest BCUT2D eigenvalue weighted by Gasteiger charge is 2.44. The number of fused-ring (bicyclic) bond motifs is 1. The fourth-order valence-electron chi connectivity index (χ4n) is 7.53. The van der Waals surface area contributed by atoms with Gasteiger partial charge in [-0.05, 0) is 86.7 Å². The van der Waals surface area contributed by atoms with Crippen LogP contribution >= 0.6 is 11.6 Å². The highest BCUT2D eigenvalue weighted by atomic mass is 35.5. The summed E-state index contributed by atoms with van der Waals surface area (Å²) < 4.78 is 6.06. The van der Waals surface area contributed by atoms with Crippen LogP contribution in [0.1, 0.15) is 81.6 Å². The van der Waals surface area contributed by atoms with Crippen molar-refractivity contribution in [3.63, 3.8) is 0 Å². The molecule has 3 aromatic rings. The highest BCUT2D eigenvalue weighted by Crippen LogP contribution is 2.31. The third kappa shape index (κ3) is 7.99. The highest BCUT2D eigenvalue weighted by molar-refractivity contribution is 6.31. The summed E-state index contributed by atoms with van der Waals surface area (Å²) in [7, 11) is 0. The van der Waals surface area contributed by atoms with Gasteiger partial charge in [-0.2, -0.15) is 5.26 Å². The normalized spacial score (nSPS) is 21.6. The number of ether oxygens (including phenoxy) is 1. The van der Waals surface area contributed by atoms with Crippen molar-refractivity contribution in [1.29, 1.82) is 5.26 Å². The van der Waals surface area contributed by atoms with Gasteiger partial charge in [0.15, 0.2) is 0 Å². The quantitative estimate of drug-likeness (QED) is 0.166. The first-order chi connectivity index (χ1) is 25.7. The molecule has 0 aromatic heterocycles. The number of benzene rings is 3. The van der Waals surface area contributed by atoms with Gasteiger partial charge in [0.1, 0.15) is 24.0 Å². The van der Waals surface area contributed by atoms with E-state index in [-0.39, 0.29) is 42.0 Å². The Morgan fingerprint density at radius 1 is 0.887 bits per heavy atom. The maximum absolute atomic E-state index is 13.1. The number of hydrogen-bond donors (Lipinski definition) is 4. The molecule has 3 atom stereocenters. The standard InChI is InChI=1S/C39H40ClN7O6/c40-33-21-30(8-3-24(33)22-41)53-29-9-4-27(19-29)44-36(49)23-1-6-28(7-2-23)46-17-13-25(14-18-46)42-15-16-43-26-5-10-31-32(20-26)39(52)47(38(31)51)34-11-12-35(48)45-37(34)50/h1-3,5-8,10,20-21,25,27,29,34,42-43H,4,9,11-19H2,(H,44,49)(H,45,48,50)/t27-,29-,34?/m0/s1. The molecule has 4 aliphatic rings. The van der Waals surface area contributed by atoms with Gasteiger partial charge in [-0.25, -0.2) is 0 Å². The lowest BCUT2D eigenvalue weighted by Crippen LogP contribution is -2.54. The molecule has 7 rings (SSSR count). The van der Waals surface area contributed by atoms with Gasteiger partial charge in [0.2, 0.25) is 11.8 Å². The van der Waals surface area contributed by atoms with E-state index in [4.69, 9.17) is 21.6 Å². The van der Waals surface area contributed by atoms with Crippen LogP contribution in [0.2, 0.25) is 5.02 Å². The molecule has 0 spiro atoms. The molecule has 0 radical (unpaired) electrons. The van der Waals surface area contributed by atoms with Gasteiger partial charge in [-0.15, -0.1) is 0 Å². The Kier molecular flexibility index (Phi) is 10.6. The number of amides is 5. The van der Waals surface area contributed by atoms with E-state index in [1.807, 2.05) is 30.3 Å². The SMILES string of the molecule is N#Cc1ccc(O[C@H]2CC[C@H](NC(=O)c3ccc(N4CCC(NCCNc5ccc6c(c5)C(=O)N(C5CCC(=O)NC5=O)C6=O)CC4)cc3)C2)cc1Cl. The summed E-state index contributed by atoms with van der Waals surface area (Å²) in [5.41, 5.74) is 3.31. The zero-order valence-electron chi connectivity index (χ0n) is 29.0. The van der Waals surface area contributed by atoms with Gasteiger partial charge in [0, 0.05) is 74.1 Å². The van der Waals surface area contributed by atoms with Gasteiger partial charge >= 0.3 is 0 Å². The van der Waals surface area contributed by atoms with Crippen LogP contribution in [0.4, 0.5) is 11.4 Å². The number of nitrogens with one attached hydrogen (secondary N) is 4. The molecule has 5 amide bonds. The van der Waals surface area contributed by atoms with Crippen molar-refractivity contribution in [2.24, 2.45) is 0 Å². The van der Waals surface area contributed by atoms with Crippen LogP contribution in [-0.2, 0) is 9.59 Å². The molecule has 3 aliphatic heterocycles. The molecule has 3 fully saturated rings. The van der Waals surface area contributed by atoms with E-state index >= 15 is 0 Å². The first kappa shape index (κ1) is 35.9. The molecule has 4 N–H and O–H groups in total. The summed E-state index contributed by atoms with van der Waals surface area (Å²) in [4.78, 5) is 66.2. The second-order valence-corrected chi connectivity index (χ2v) is 14.3. The fourth-order valence-corrected chi connectivity index (χ4v) is 7.74. The van der Waals surface area contributed by atoms with Crippen LogP contribution in [0, 0.1) is 11.3 Å². The number of nitriles is 1. The van der Waals surface area contributed by atoms with Crippen molar-refractivity contribution in [1.82, 2.24) is 20.9 Å². The predicted molar refractivity (Wildman–Crippen MR) is 197 cm³/mol. The Hall–Kier alpha value is -5.45. The van der Waals surface area contributed by atoms with Crippen LogP contribution in [0.15, 0.2) is 60.7 Å². The van der Waals surface area contributed by atoms with E-state index in [1.54, 1.807) is 36.4 Å². The number of rotatable bonds is 11. The first-order valence-electron chi connectivity index (χ1n) is 18.0. The number of hydrogen-bond acceptors (Lipinski definition) is 10. The Balaban J connectivity index is 0.813. The summed E-state index contributed by atoms with van der Waals surface area (Å²) in [5.74, 6) is -1.56. The minimum absolute atomic E-state index is 0.0175. The number of anilines is 2. The van der Waals surface area contributed by atoms with E-state index in [2.05, 4.69) is 26.2 Å². The molecule has 14 heteroatoms. The topological polar surface area (TPSA) is 173 Å². The number of nitrogens with zero attached hydrogens (tertiary/aromatic N) is 3. The molecule has 274 valence electrons. The largest absolute Gasteiger partial charge is 0.490 e. The minimum Gasteiger partial charge on any atom is -0.490 e. The van der Waals surface area contributed by atoms with Crippen LogP contribution in [0.5, 0.6) is 5.75 Å². The molecule has 53 heavy (non-hydrogen) atoms. The van der Waals surface area contributed by atoms with Gasteiger partial charge in [-0.1, -0.05) is 11.6 Å². The lowest BCUT2D eigenvalue weighted by atomic mass is 10.0. The lowest BCUT2D eigenvalue weighted by Gasteiger charge is -2.34. The average Bonchev–Trinajstić information content (AvgIpc) is 3.70. The van der Waals surface area contributed by atoms with Gasteiger partial charge in [0.25, 0.3) is 17.7 Å².